The number of carbonyl (C=O) groups is 1. The summed E-state index contributed by atoms with van der Waals surface area (Å²) in [4.78, 5) is 42.0. The highest BCUT2D eigenvalue weighted by Crippen LogP contribution is 2.38. The van der Waals surface area contributed by atoms with Crippen molar-refractivity contribution in [1.29, 1.82) is 0 Å². The third kappa shape index (κ3) is 7.19. The van der Waals surface area contributed by atoms with E-state index in [1.807, 2.05) is 32.0 Å². The van der Waals surface area contributed by atoms with Crippen LogP contribution in [0.3, 0.4) is 0 Å². The van der Waals surface area contributed by atoms with Crippen LogP contribution in [0.4, 0.5) is 11.4 Å². The van der Waals surface area contributed by atoms with Crippen molar-refractivity contribution < 1.29 is 19.2 Å². The van der Waals surface area contributed by atoms with Crippen LogP contribution in [0, 0.1) is 17.0 Å². The van der Waals surface area contributed by atoms with Crippen molar-refractivity contribution in [3.63, 3.8) is 0 Å². The van der Waals surface area contributed by atoms with E-state index in [0.29, 0.717) is 34.4 Å². The van der Waals surface area contributed by atoms with Gasteiger partial charge < -0.3 is 14.8 Å². The Balaban J connectivity index is 1.68. The minimum absolute atomic E-state index is 0.0657. The van der Waals surface area contributed by atoms with Gasteiger partial charge in [-0.3, -0.25) is 19.7 Å². The summed E-state index contributed by atoms with van der Waals surface area (Å²) in [6.07, 6.45) is 3.56. The number of hydrogen-bond acceptors (Lipinski definition) is 8. The summed E-state index contributed by atoms with van der Waals surface area (Å²) in [6, 6.07) is 15.3. The van der Waals surface area contributed by atoms with E-state index in [4.69, 9.17) is 9.47 Å². The second-order valence-corrected chi connectivity index (χ2v) is 10.3. The van der Waals surface area contributed by atoms with Crippen LogP contribution in [0.25, 0.3) is 10.9 Å². The van der Waals surface area contributed by atoms with Crippen LogP contribution in [-0.2, 0) is 11.2 Å². The van der Waals surface area contributed by atoms with Crippen molar-refractivity contribution in [2.45, 2.75) is 40.0 Å². The number of nitro benzene ring substituents is 1. The lowest BCUT2D eigenvalue weighted by Crippen LogP contribution is -2.22. The monoisotopic (exact) mass is 635 g/mol. The van der Waals surface area contributed by atoms with E-state index in [2.05, 4.69) is 31.3 Å². The van der Waals surface area contributed by atoms with Gasteiger partial charge in [-0.15, -0.1) is 0 Å². The summed E-state index contributed by atoms with van der Waals surface area (Å²) in [5, 5.41) is 19.6. The SMILES string of the molecule is CCCCc1nc2ccc(Br)cc2c(=O)n1N=Cc1cc(OCC)c(OCC(=O)Nc2ccccc2C)c([N+](=O)[O-])c1. The Morgan fingerprint density at radius 2 is 1.95 bits per heavy atom. The van der Waals surface area contributed by atoms with Crippen molar-refractivity contribution >= 4 is 50.3 Å². The molecule has 0 unspecified atom stereocenters. The van der Waals surface area contributed by atoms with Crippen molar-refractivity contribution in [2.75, 3.05) is 18.5 Å². The lowest BCUT2D eigenvalue weighted by Gasteiger charge is -2.14. The van der Waals surface area contributed by atoms with E-state index in [0.717, 1.165) is 22.9 Å². The largest absolute Gasteiger partial charge is 0.490 e. The number of amides is 1. The van der Waals surface area contributed by atoms with Crippen LogP contribution >= 0.6 is 15.9 Å². The molecule has 0 aliphatic rings. The van der Waals surface area contributed by atoms with Gasteiger partial charge in [0, 0.05) is 28.2 Å². The molecule has 0 aliphatic heterocycles. The standard InChI is InChI=1S/C30H30BrN5O6/c1-4-6-11-27-33-24-13-12-21(31)16-22(24)30(38)35(27)32-17-20-14-25(36(39)40)29(26(15-20)41-5-2)42-18-28(37)34-23-10-8-7-9-19(23)3/h7-10,12-17H,4-6,11,18H2,1-3H3,(H,34,37). The van der Waals surface area contributed by atoms with Crippen LogP contribution in [-0.4, -0.2) is 39.9 Å². The topological polar surface area (TPSA) is 138 Å². The minimum atomic E-state index is -0.623. The van der Waals surface area contributed by atoms with Crippen molar-refractivity contribution in [1.82, 2.24) is 9.66 Å². The maximum absolute atomic E-state index is 13.4. The van der Waals surface area contributed by atoms with E-state index >= 15 is 0 Å². The molecule has 12 heteroatoms. The molecule has 1 aromatic heterocycles. The Labute approximate surface area is 250 Å². The van der Waals surface area contributed by atoms with Gasteiger partial charge in [-0.2, -0.15) is 9.78 Å². The number of benzene rings is 3. The summed E-state index contributed by atoms with van der Waals surface area (Å²) < 4.78 is 13.2. The molecule has 1 heterocycles. The van der Waals surface area contributed by atoms with E-state index in [1.54, 1.807) is 31.2 Å². The zero-order chi connectivity index (χ0) is 30.2. The molecule has 0 saturated heterocycles. The number of unbranched alkanes of at least 4 members (excludes halogenated alkanes) is 1. The molecule has 0 saturated carbocycles. The Morgan fingerprint density at radius 3 is 2.67 bits per heavy atom. The molecule has 0 radical (unpaired) electrons. The van der Waals surface area contributed by atoms with Gasteiger partial charge in [0.2, 0.25) is 5.75 Å². The Morgan fingerprint density at radius 1 is 1.17 bits per heavy atom. The first-order valence-electron chi connectivity index (χ1n) is 13.4. The van der Waals surface area contributed by atoms with Crippen molar-refractivity contribution in [3.05, 3.63) is 96.5 Å². The third-order valence-electron chi connectivity index (χ3n) is 6.27. The predicted molar refractivity (Wildman–Crippen MR) is 165 cm³/mol. The maximum Gasteiger partial charge on any atom is 0.315 e. The predicted octanol–water partition coefficient (Wildman–Crippen LogP) is 6.02. The Kier molecular flexibility index (Phi) is 10.0. The fraction of sp³-hybridized carbons (Fsp3) is 0.267. The van der Waals surface area contributed by atoms with Gasteiger partial charge in [-0.05, 0) is 56.2 Å². The average molecular weight is 637 g/mol. The normalized spacial score (nSPS) is 11.1. The van der Waals surface area contributed by atoms with Crippen LogP contribution in [0.2, 0.25) is 0 Å². The molecule has 218 valence electrons. The average Bonchev–Trinajstić information content (AvgIpc) is 2.96. The lowest BCUT2D eigenvalue weighted by atomic mass is 10.2. The summed E-state index contributed by atoms with van der Waals surface area (Å²) in [5.74, 6) is -0.124. The van der Waals surface area contributed by atoms with Crippen molar-refractivity contribution in [3.8, 4) is 11.5 Å². The number of carbonyl (C=O) groups excluding carboxylic acids is 1. The number of halogens is 1. The van der Waals surface area contributed by atoms with E-state index in [1.165, 1.54) is 23.0 Å². The molecular weight excluding hydrogens is 606 g/mol. The molecule has 0 spiro atoms. The quantitative estimate of drug-likeness (QED) is 0.114. The van der Waals surface area contributed by atoms with Crippen molar-refractivity contribution in [2.24, 2.45) is 5.10 Å². The molecule has 42 heavy (non-hydrogen) atoms. The number of rotatable bonds is 12. The zero-order valence-corrected chi connectivity index (χ0v) is 25.0. The summed E-state index contributed by atoms with van der Waals surface area (Å²) in [6.45, 7) is 5.32. The number of fused-ring (bicyclic) bond motifs is 1. The molecule has 4 aromatic rings. The highest BCUT2D eigenvalue weighted by atomic mass is 79.9. The number of aromatic nitrogens is 2. The molecular formula is C30H30BrN5O6. The molecule has 11 nitrogen and oxygen atoms in total. The fourth-order valence-electron chi connectivity index (χ4n) is 4.20. The number of ether oxygens (including phenoxy) is 2. The first-order chi connectivity index (χ1) is 20.2. The number of nitrogens with one attached hydrogen (secondary N) is 1. The van der Waals surface area contributed by atoms with E-state index in [9.17, 15) is 19.7 Å². The first kappa shape index (κ1) is 30.4. The lowest BCUT2D eigenvalue weighted by molar-refractivity contribution is -0.385. The summed E-state index contributed by atoms with van der Waals surface area (Å²) >= 11 is 3.39. The number of para-hydroxylation sites is 1. The van der Waals surface area contributed by atoms with Gasteiger partial charge in [-0.25, -0.2) is 4.98 Å². The van der Waals surface area contributed by atoms with Crippen LogP contribution in [0.1, 0.15) is 43.6 Å². The zero-order valence-electron chi connectivity index (χ0n) is 23.4. The van der Waals surface area contributed by atoms with Crippen LogP contribution in [0.5, 0.6) is 11.5 Å². The van der Waals surface area contributed by atoms with Gasteiger partial charge >= 0.3 is 5.69 Å². The highest BCUT2D eigenvalue weighted by molar-refractivity contribution is 9.10. The number of hydrogen-bond donors (Lipinski definition) is 1. The Hall–Kier alpha value is -4.58. The Bertz CT molecular complexity index is 1720. The summed E-state index contributed by atoms with van der Waals surface area (Å²) in [5.41, 5.74) is 1.56. The number of nitrogens with zero attached hydrogens (tertiary/aromatic N) is 4. The van der Waals surface area contributed by atoms with E-state index in [-0.39, 0.29) is 23.7 Å². The molecule has 0 aliphatic carbocycles. The van der Waals surface area contributed by atoms with Crippen LogP contribution < -0.4 is 20.3 Å². The smallest absolute Gasteiger partial charge is 0.315 e. The summed E-state index contributed by atoms with van der Waals surface area (Å²) in [7, 11) is 0. The number of anilines is 1. The molecule has 0 atom stereocenters. The van der Waals surface area contributed by atoms with Gasteiger partial charge in [0.05, 0.1) is 28.6 Å². The van der Waals surface area contributed by atoms with Gasteiger partial charge in [0.15, 0.2) is 12.4 Å². The maximum atomic E-state index is 13.4. The van der Waals surface area contributed by atoms with Gasteiger partial charge in [-0.1, -0.05) is 47.5 Å². The fourth-order valence-corrected chi connectivity index (χ4v) is 4.56. The third-order valence-corrected chi connectivity index (χ3v) is 6.77. The highest BCUT2D eigenvalue weighted by Gasteiger charge is 2.24. The molecule has 1 amide bonds. The van der Waals surface area contributed by atoms with Gasteiger partial charge in [0.1, 0.15) is 5.82 Å². The van der Waals surface area contributed by atoms with E-state index < -0.39 is 23.1 Å². The minimum Gasteiger partial charge on any atom is -0.490 e. The molecule has 1 N–H and O–H groups in total. The molecule has 0 bridgehead atoms. The number of aryl methyl sites for hydroxylation is 2. The molecule has 3 aromatic carbocycles. The van der Waals surface area contributed by atoms with Crippen LogP contribution in [0.15, 0.2) is 69.0 Å². The second-order valence-electron chi connectivity index (χ2n) is 9.36. The van der Waals surface area contributed by atoms with Gasteiger partial charge in [0.25, 0.3) is 11.5 Å². The number of nitro groups is 1. The second kappa shape index (κ2) is 13.9. The molecule has 4 rings (SSSR count). The molecule has 0 fully saturated rings. The first-order valence-corrected chi connectivity index (χ1v) is 14.2.